The van der Waals surface area contributed by atoms with E-state index in [9.17, 15) is 9.59 Å². The maximum absolute atomic E-state index is 13.3. The molecule has 2 aliphatic rings. The van der Waals surface area contributed by atoms with Gasteiger partial charge >= 0.3 is 5.97 Å². The van der Waals surface area contributed by atoms with Gasteiger partial charge in [0.1, 0.15) is 19.0 Å². The summed E-state index contributed by atoms with van der Waals surface area (Å²) in [4.78, 5) is 27.7. The first-order valence-corrected chi connectivity index (χ1v) is 11.5. The van der Waals surface area contributed by atoms with Crippen LogP contribution < -0.4 is 9.64 Å². The topological polar surface area (TPSA) is 55.8 Å². The van der Waals surface area contributed by atoms with E-state index in [1.807, 2.05) is 62.4 Å². The molecule has 1 atom stereocenters. The molecule has 5 heteroatoms. The average Bonchev–Trinajstić information content (AvgIpc) is 3.19. The number of aryl methyl sites for hydroxylation is 3. The molecule has 0 radical (unpaired) electrons. The third-order valence-electron chi connectivity index (χ3n) is 6.52. The largest absolute Gasteiger partial charge is 0.489 e. The number of hydrogen-bond donors (Lipinski definition) is 0. The van der Waals surface area contributed by atoms with E-state index < -0.39 is 0 Å². The van der Waals surface area contributed by atoms with E-state index in [0.29, 0.717) is 17.9 Å². The number of ether oxygens (including phenoxy) is 2. The van der Waals surface area contributed by atoms with Crippen molar-refractivity contribution in [2.75, 3.05) is 11.5 Å². The highest BCUT2D eigenvalue weighted by atomic mass is 16.5. The molecule has 1 amide bonds. The van der Waals surface area contributed by atoms with Crippen LogP contribution in [-0.4, -0.2) is 18.5 Å². The first kappa shape index (κ1) is 22.0. The molecule has 0 N–H and O–H groups in total. The lowest BCUT2D eigenvalue weighted by Gasteiger charge is -2.32. The van der Waals surface area contributed by atoms with Crippen LogP contribution in [0.3, 0.4) is 0 Å². The van der Waals surface area contributed by atoms with Crippen LogP contribution in [0.5, 0.6) is 5.75 Å². The van der Waals surface area contributed by atoms with Gasteiger partial charge in [-0.05, 0) is 72.9 Å². The van der Waals surface area contributed by atoms with E-state index >= 15 is 0 Å². The average molecular weight is 454 g/mol. The summed E-state index contributed by atoms with van der Waals surface area (Å²) < 4.78 is 11.4. The van der Waals surface area contributed by atoms with E-state index in [1.165, 1.54) is 5.56 Å². The number of carbonyl (C=O) groups is 2. The Kier molecular flexibility index (Phi) is 5.70. The Bertz CT molecular complexity index is 1290. The third-order valence-corrected chi connectivity index (χ3v) is 6.52. The van der Waals surface area contributed by atoms with Crippen LogP contribution in [0.1, 0.15) is 40.2 Å². The van der Waals surface area contributed by atoms with Gasteiger partial charge in [0.15, 0.2) is 0 Å². The minimum Gasteiger partial charge on any atom is -0.489 e. The molecule has 3 aromatic rings. The second-order valence-corrected chi connectivity index (χ2v) is 9.05. The molecule has 172 valence electrons. The van der Waals surface area contributed by atoms with Gasteiger partial charge in [-0.2, -0.15) is 0 Å². The normalized spacial score (nSPS) is 17.6. The van der Waals surface area contributed by atoms with Crippen molar-refractivity contribution in [3.63, 3.8) is 0 Å². The molecule has 3 aromatic carbocycles. The molecule has 0 aromatic heterocycles. The van der Waals surface area contributed by atoms with E-state index in [4.69, 9.17) is 9.47 Å². The Balaban J connectivity index is 1.42. The molecular weight excluding hydrogens is 426 g/mol. The summed E-state index contributed by atoms with van der Waals surface area (Å²) in [7, 11) is 0. The Hall–Kier alpha value is -3.86. The smallest absolute Gasteiger partial charge is 0.336 e. The van der Waals surface area contributed by atoms with Gasteiger partial charge < -0.3 is 9.47 Å². The molecule has 0 fully saturated rings. The van der Waals surface area contributed by atoms with Crippen molar-refractivity contribution in [2.45, 2.75) is 39.7 Å². The zero-order valence-corrected chi connectivity index (χ0v) is 19.6. The molecule has 0 saturated carbocycles. The molecule has 2 aliphatic heterocycles. The Morgan fingerprint density at radius 3 is 2.35 bits per heavy atom. The molecule has 0 spiro atoms. The summed E-state index contributed by atoms with van der Waals surface area (Å²) in [5.41, 5.74) is 7.38. The number of rotatable bonds is 5. The lowest BCUT2D eigenvalue weighted by Crippen LogP contribution is -2.37. The minimum absolute atomic E-state index is 0.0353. The fourth-order valence-electron chi connectivity index (χ4n) is 4.85. The summed E-state index contributed by atoms with van der Waals surface area (Å²) in [5, 5.41) is 0. The monoisotopic (exact) mass is 453 g/mol. The van der Waals surface area contributed by atoms with Crippen molar-refractivity contribution in [2.24, 2.45) is 0 Å². The number of esters is 1. The summed E-state index contributed by atoms with van der Waals surface area (Å²) in [6.45, 7) is 6.67. The van der Waals surface area contributed by atoms with Crippen LogP contribution in [0.25, 0.3) is 0 Å². The Labute approximate surface area is 199 Å². The van der Waals surface area contributed by atoms with E-state index in [-0.39, 0.29) is 30.8 Å². The number of anilines is 1. The second-order valence-electron chi connectivity index (χ2n) is 9.05. The summed E-state index contributed by atoms with van der Waals surface area (Å²) in [5.74, 6) is 0.0351. The van der Waals surface area contributed by atoms with E-state index in [2.05, 4.69) is 25.1 Å². The highest BCUT2D eigenvalue weighted by Gasteiger charge is 2.43. The maximum Gasteiger partial charge on any atom is 0.336 e. The van der Waals surface area contributed by atoms with Crippen molar-refractivity contribution < 1.29 is 19.1 Å². The van der Waals surface area contributed by atoms with Gasteiger partial charge in [-0.25, -0.2) is 4.79 Å². The fourth-order valence-corrected chi connectivity index (χ4v) is 4.85. The maximum atomic E-state index is 13.3. The van der Waals surface area contributed by atoms with Crippen LogP contribution in [0.2, 0.25) is 0 Å². The summed E-state index contributed by atoms with van der Waals surface area (Å²) in [6, 6.07) is 21.8. The SMILES string of the molecule is Cc1cc(C)cc(N2C(=O)CC(c3ccc(OCc4ccccc4C)cc3)C3=C2COC3=O)c1. The van der Waals surface area contributed by atoms with Crippen molar-refractivity contribution in [3.05, 3.63) is 106 Å². The van der Waals surface area contributed by atoms with Crippen molar-refractivity contribution in [1.82, 2.24) is 0 Å². The molecule has 34 heavy (non-hydrogen) atoms. The van der Waals surface area contributed by atoms with Crippen LogP contribution in [0.4, 0.5) is 5.69 Å². The minimum atomic E-state index is -0.346. The van der Waals surface area contributed by atoms with Crippen molar-refractivity contribution in [1.29, 1.82) is 0 Å². The Morgan fingerprint density at radius 1 is 0.941 bits per heavy atom. The number of nitrogens with zero attached hydrogens (tertiary/aromatic N) is 1. The number of benzene rings is 3. The number of amides is 1. The van der Waals surface area contributed by atoms with Crippen LogP contribution in [0.15, 0.2) is 78.0 Å². The standard InChI is InChI=1S/C29H27NO4/c1-18-12-19(2)14-23(13-18)30-26-17-34-29(32)28(26)25(15-27(30)31)21-8-10-24(11-9-21)33-16-22-7-5-4-6-20(22)3/h4-14,25H,15-17H2,1-3H3. The van der Waals surface area contributed by atoms with Gasteiger partial charge in [-0.15, -0.1) is 0 Å². The van der Waals surface area contributed by atoms with Crippen molar-refractivity contribution in [3.8, 4) is 5.75 Å². The second kappa shape index (κ2) is 8.82. The van der Waals surface area contributed by atoms with Gasteiger partial charge in [-0.3, -0.25) is 9.69 Å². The van der Waals surface area contributed by atoms with Gasteiger partial charge in [0, 0.05) is 18.0 Å². The van der Waals surface area contributed by atoms with E-state index in [0.717, 1.165) is 33.7 Å². The van der Waals surface area contributed by atoms with Crippen LogP contribution >= 0.6 is 0 Å². The number of cyclic esters (lactones) is 1. The quantitative estimate of drug-likeness (QED) is 0.477. The summed E-state index contributed by atoms with van der Waals surface area (Å²) >= 11 is 0. The van der Waals surface area contributed by atoms with E-state index in [1.54, 1.807) is 4.90 Å². The van der Waals surface area contributed by atoms with Gasteiger partial charge in [0.2, 0.25) is 5.91 Å². The van der Waals surface area contributed by atoms with Gasteiger partial charge in [0.05, 0.1) is 11.3 Å². The first-order chi connectivity index (χ1) is 16.4. The fraction of sp³-hybridized carbons (Fsp3) is 0.241. The molecule has 5 rings (SSSR count). The third kappa shape index (κ3) is 4.10. The highest BCUT2D eigenvalue weighted by Crippen LogP contribution is 2.42. The number of carbonyl (C=O) groups excluding carboxylic acids is 2. The lowest BCUT2D eigenvalue weighted by atomic mass is 9.84. The number of hydrogen-bond acceptors (Lipinski definition) is 4. The highest BCUT2D eigenvalue weighted by molar-refractivity contribution is 6.06. The first-order valence-electron chi connectivity index (χ1n) is 11.5. The lowest BCUT2D eigenvalue weighted by molar-refractivity contribution is -0.136. The zero-order valence-electron chi connectivity index (χ0n) is 19.6. The Morgan fingerprint density at radius 2 is 1.65 bits per heavy atom. The van der Waals surface area contributed by atoms with Gasteiger partial charge in [-0.1, -0.05) is 42.5 Å². The van der Waals surface area contributed by atoms with Crippen LogP contribution in [-0.2, 0) is 20.9 Å². The summed E-state index contributed by atoms with van der Waals surface area (Å²) in [6.07, 6.45) is 0.213. The molecule has 1 unspecified atom stereocenters. The molecular formula is C29H27NO4. The molecule has 0 saturated heterocycles. The van der Waals surface area contributed by atoms with Crippen molar-refractivity contribution >= 4 is 17.6 Å². The molecule has 0 bridgehead atoms. The predicted molar refractivity (Wildman–Crippen MR) is 131 cm³/mol. The van der Waals surface area contributed by atoms with Gasteiger partial charge in [0.25, 0.3) is 0 Å². The molecule has 5 nitrogen and oxygen atoms in total. The molecule has 0 aliphatic carbocycles. The predicted octanol–water partition coefficient (Wildman–Crippen LogP) is 5.52. The molecule has 2 heterocycles. The zero-order chi connectivity index (χ0) is 23.8. The van der Waals surface area contributed by atoms with Crippen LogP contribution in [0, 0.1) is 20.8 Å².